The number of aliphatic hydroxyl groups excluding tert-OH is 1. The number of unbranched alkanes of at least 4 members (excludes halogenated alkanes) is 2. The highest BCUT2D eigenvalue weighted by atomic mass is 16.3. The highest BCUT2D eigenvalue weighted by Crippen LogP contribution is 2.36. The van der Waals surface area contributed by atoms with Gasteiger partial charge in [-0.1, -0.05) is 98.1 Å². The predicted molar refractivity (Wildman–Crippen MR) is 160 cm³/mol. The zero-order valence-electron chi connectivity index (χ0n) is 25.0. The average Bonchev–Trinajstić information content (AvgIpc) is 2.83. The van der Waals surface area contributed by atoms with Gasteiger partial charge in [0, 0.05) is 12.1 Å². The number of ketones is 1. The fourth-order valence-electron chi connectivity index (χ4n) is 4.17. The molecular weight excluding hydrogens is 454 g/mol. The summed E-state index contributed by atoms with van der Waals surface area (Å²) in [6.45, 7) is 18.8. The number of fused-ring (bicyclic) bond motifs is 1. The van der Waals surface area contributed by atoms with Gasteiger partial charge in [-0.15, -0.1) is 0 Å². The zero-order chi connectivity index (χ0) is 28.2. The molecule has 3 nitrogen and oxygen atoms in total. The summed E-state index contributed by atoms with van der Waals surface area (Å²) in [6, 6.07) is 18.0. The number of benzene rings is 2. The van der Waals surface area contributed by atoms with Crippen LogP contribution in [0.1, 0.15) is 105 Å². The number of rotatable bonds is 6. The van der Waals surface area contributed by atoms with Crippen LogP contribution < -0.4 is 4.57 Å². The molecule has 37 heavy (non-hydrogen) atoms. The van der Waals surface area contributed by atoms with Crippen LogP contribution in [0.5, 0.6) is 0 Å². The Hall–Kier alpha value is -2.94. The zero-order valence-corrected chi connectivity index (χ0v) is 25.0. The molecule has 0 aliphatic carbocycles. The molecule has 3 heteroatoms. The first-order valence-electron chi connectivity index (χ1n) is 13.8. The third-order valence-electron chi connectivity index (χ3n) is 6.48. The van der Waals surface area contributed by atoms with Crippen LogP contribution in [0.2, 0.25) is 0 Å². The Kier molecular flexibility index (Phi) is 13.3. The number of aromatic nitrogens is 1. The molecule has 0 amide bonds. The van der Waals surface area contributed by atoms with Gasteiger partial charge in [-0.2, -0.15) is 0 Å². The second-order valence-electron chi connectivity index (χ2n) is 11.0. The first kappa shape index (κ1) is 32.1. The molecule has 0 spiro atoms. The van der Waals surface area contributed by atoms with E-state index in [1.165, 1.54) is 72.3 Å². The van der Waals surface area contributed by atoms with Crippen molar-refractivity contribution in [3.8, 4) is 11.3 Å². The van der Waals surface area contributed by atoms with Gasteiger partial charge in [-0.25, -0.2) is 4.57 Å². The third-order valence-corrected chi connectivity index (χ3v) is 6.48. The summed E-state index contributed by atoms with van der Waals surface area (Å²) >= 11 is 0. The van der Waals surface area contributed by atoms with Crippen LogP contribution in [0, 0.1) is 0 Å². The Labute approximate surface area is 226 Å². The van der Waals surface area contributed by atoms with Gasteiger partial charge in [0.2, 0.25) is 5.69 Å². The van der Waals surface area contributed by atoms with Crippen molar-refractivity contribution in [1.82, 2.24) is 0 Å². The molecular formula is C34H50NO2+. The fraction of sp³-hybridized carbons (Fsp3) is 0.471. The summed E-state index contributed by atoms with van der Waals surface area (Å²) in [7, 11) is 2.15. The van der Waals surface area contributed by atoms with Crippen LogP contribution in [-0.4, -0.2) is 10.9 Å². The van der Waals surface area contributed by atoms with Crippen LogP contribution >= 0.6 is 0 Å². The summed E-state index contributed by atoms with van der Waals surface area (Å²) < 4.78 is 2.26. The molecule has 202 valence electrons. The van der Waals surface area contributed by atoms with E-state index in [4.69, 9.17) is 5.11 Å². The topological polar surface area (TPSA) is 41.2 Å². The lowest BCUT2D eigenvalue weighted by molar-refractivity contribution is -0.659. The molecule has 0 aliphatic rings. The maximum Gasteiger partial charge on any atom is 0.220 e. The van der Waals surface area contributed by atoms with E-state index in [2.05, 4.69) is 115 Å². The molecule has 0 saturated heterocycles. The van der Waals surface area contributed by atoms with Crippen molar-refractivity contribution in [2.75, 3.05) is 0 Å². The van der Waals surface area contributed by atoms with Gasteiger partial charge in [0.15, 0.2) is 12.0 Å². The number of carbonyl (C=O) groups excluding carboxylic acids is 1. The summed E-state index contributed by atoms with van der Waals surface area (Å²) in [5, 5.41) is 11.0. The lowest BCUT2D eigenvalue weighted by atomic mass is 9.81. The van der Waals surface area contributed by atoms with Crippen LogP contribution in [0.4, 0.5) is 0 Å². The molecule has 0 fully saturated rings. The number of allylic oxidation sites excluding steroid dienone is 2. The number of hydrogen-bond donors (Lipinski definition) is 1. The van der Waals surface area contributed by atoms with Crippen LogP contribution in [0.25, 0.3) is 22.0 Å². The fourth-order valence-corrected chi connectivity index (χ4v) is 4.17. The third kappa shape index (κ3) is 10.1. The van der Waals surface area contributed by atoms with Crippen molar-refractivity contribution < 1.29 is 14.5 Å². The molecule has 0 aliphatic heterocycles. The van der Waals surface area contributed by atoms with Gasteiger partial charge in [-0.05, 0) is 60.2 Å². The number of hydrogen-bond acceptors (Lipinski definition) is 2. The standard InChI is InChI=1S/C24H30N.C5H8O2.C5H12/c1-7-17(2)22-16-19(24(3,4)5)12-13-21(22)23-20-11-9-8-10-18(20)14-15-25(23)6;1-4(6)3-5(2)7;1-3-5-4-2/h8-17H,7H2,1-6H3;3,6H,1-2H3;3-5H2,1-2H3/q+1;;/b;4-3-;. The van der Waals surface area contributed by atoms with Crippen molar-refractivity contribution in [2.24, 2.45) is 7.05 Å². The highest BCUT2D eigenvalue weighted by Gasteiger charge is 2.23. The minimum atomic E-state index is -0.125. The minimum Gasteiger partial charge on any atom is -0.512 e. The average molecular weight is 505 g/mol. The Bertz CT molecular complexity index is 1160. The normalized spacial score (nSPS) is 12.2. The maximum atomic E-state index is 10.0. The molecule has 2 aromatic carbocycles. The largest absolute Gasteiger partial charge is 0.512 e. The van der Waals surface area contributed by atoms with Gasteiger partial charge in [0.25, 0.3) is 0 Å². The van der Waals surface area contributed by atoms with Crippen molar-refractivity contribution in [1.29, 1.82) is 0 Å². The van der Waals surface area contributed by atoms with Crippen LogP contribution in [-0.2, 0) is 17.3 Å². The van der Waals surface area contributed by atoms with Crippen molar-refractivity contribution in [2.45, 2.75) is 99.3 Å². The number of aryl methyl sites for hydroxylation is 1. The SMILES string of the molecule is CC(=O)/C=C(/C)O.CCC(C)c1cc(C(C)(C)C)ccc1-c1c2ccccc2cc[n+]1C.CCCCC. The second kappa shape index (κ2) is 15.3. The monoisotopic (exact) mass is 504 g/mol. The van der Waals surface area contributed by atoms with Crippen molar-refractivity contribution in [3.63, 3.8) is 0 Å². The van der Waals surface area contributed by atoms with Gasteiger partial charge >= 0.3 is 0 Å². The predicted octanol–water partition coefficient (Wildman–Crippen LogP) is 9.38. The number of pyridine rings is 1. The molecule has 3 rings (SSSR count). The summed E-state index contributed by atoms with van der Waals surface area (Å²) in [6.07, 6.45) is 8.57. The van der Waals surface area contributed by atoms with Gasteiger partial charge in [-0.3, -0.25) is 4.79 Å². The molecule has 1 heterocycles. The lowest BCUT2D eigenvalue weighted by Gasteiger charge is -2.23. The Morgan fingerprint density at radius 1 is 1.00 bits per heavy atom. The van der Waals surface area contributed by atoms with E-state index in [1.807, 2.05) is 0 Å². The molecule has 0 saturated carbocycles. The Balaban J connectivity index is 0.000000476. The van der Waals surface area contributed by atoms with Crippen LogP contribution in [0.15, 0.2) is 66.6 Å². The lowest BCUT2D eigenvalue weighted by Crippen LogP contribution is -2.31. The van der Waals surface area contributed by atoms with E-state index >= 15 is 0 Å². The number of carbonyl (C=O) groups is 1. The van der Waals surface area contributed by atoms with Gasteiger partial charge in [0.1, 0.15) is 7.05 Å². The summed E-state index contributed by atoms with van der Waals surface area (Å²) in [5.74, 6) is 0.476. The van der Waals surface area contributed by atoms with E-state index in [0.29, 0.717) is 5.92 Å². The molecule has 1 unspecified atom stereocenters. The maximum absolute atomic E-state index is 10.0. The first-order valence-corrected chi connectivity index (χ1v) is 13.8. The minimum absolute atomic E-state index is 0.0625. The van der Waals surface area contributed by atoms with Gasteiger partial charge in [0.05, 0.1) is 16.7 Å². The van der Waals surface area contributed by atoms with E-state index < -0.39 is 0 Å². The number of nitrogens with zero attached hydrogens (tertiary/aromatic N) is 1. The quantitative estimate of drug-likeness (QED) is 0.206. The molecule has 1 atom stereocenters. The van der Waals surface area contributed by atoms with Crippen molar-refractivity contribution in [3.05, 3.63) is 77.7 Å². The Morgan fingerprint density at radius 3 is 2.08 bits per heavy atom. The van der Waals surface area contributed by atoms with E-state index in [1.54, 1.807) is 0 Å². The smallest absolute Gasteiger partial charge is 0.220 e. The first-order chi connectivity index (χ1) is 17.4. The summed E-state index contributed by atoms with van der Waals surface area (Å²) in [4.78, 5) is 10.0. The van der Waals surface area contributed by atoms with Crippen molar-refractivity contribution >= 4 is 16.6 Å². The molecule has 1 N–H and O–H groups in total. The second-order valence-corrected chi connectivity index (χ2v) is 11.0. The highest BCUT2D eigenvalue weighted by molar-refractivity contribution is 5.93. The van der Waals surface area contributed by atoms with E-state index in [0.717, 1.165) is 6.42 Å². The molecule has 1 aromatic heterocycles. The molecule has 0 bridgehead atoms. The van der Waals surface area contributed by atoms with Crippen LogP contribution in [0.3, 0.4) is 0 Å². The van der Waals surface area contributed by atoms with E-state index in [9.17, 15) is 4.79 Å². The summed E-state index contributed by atoms with van der Waals surface area (Å²) in [5.41, 5.74) is 5.72. The molecule has 0 radical (unpaired) electrons. The Morgan fingerprint density at radius 2 is 1.62 bits per heavy atom. The molecule has 3 aromatic rings. The van der Waals surface area contributed by atoms with E-state index in [-0.39, 0.29) is 17.0 Å². The number of aliphatic hydroxyl groups is 1. The van der Waals surface area contributed by atoms with Gasteiger partial charge < -0.3 is 5.11 Å².